The molecule has 2 rings (SSSR count). The molecule has 1 N–H and O–H groups in total. The summed E-state index contributed by atoms with van der Waals surface area (Å²) in [6, 6.07) is 7.58. The first kappa shape index (κ1) is 13.1. The number of aliphatic hydroxyl groups is 1. The molecule has 0 unspecified atom stereocenters. The van der Waals surface area contributed by atoms with Crippen molar-refractivity contribution in [2.45, 2.75) is 38.2 Å². The molecule has 1 aliphatic rings. The molecule has 1 aliphatic carbocycles. The van der Waals surface area contributed by atoms with Gasteiger partial charge in [-0.1, -0.05) is 31.0 Å². The van der Waals surface area contributed by atoms with Crippen LogP contribution in [0.5, 0.6) is 0 Å². The Morgan fingerprint density at radius 1 is 1.33 bits per heavy atom. The highest BCUT2D eigenvalue weighted by Gasteiger charge is 2.33. The van der Waals surface area contributed by atoms with E-state index in [0.717, 1.165) is 36.8 Å². The molecule has 1 fully saturated rings. The number of carbonyl (C=O) groups is 1. The van der Waals surface area contributed by atoms with Crippen LogP contribution < -0.4 is 0 Å². The van der Waals surface area contributed by atoms with Crippen molar-refractivity contribution in [3.63, 3.8) is 0 Å². The van der Waals surface area contributed by atoms with Crippen molar-refractivity contribution in [2.75, 3.05) is 13.6 Å². The maximum atomic E-state index is 12.3. The van der Waals surface area contributed by atoms with E-state index in [2.05, 4.69) is 0 Å². The van der Waals surface area contributed by atoms with Crippen LogP contribution in [0.2, 0.25) is 0 Å². The Bertz CT molecular complexity index is 436. The predicted octanol–water partition coefficient (Wildman–Crippen LogP) is 2.37. The summed E-state index contributed by atoms with van der Waals surface area (Å²) in [7, 11) is 1.77. The lowest BCUT2D eigenvalue weighted by Gasteiger charge is -2.29. The molecule has 3 nitrogen and oxygen atoms in total. The number of nitrogens with zero attached hydrogens (tertiary/aromatic N) is 1. The first-order chi connectivity index (χ1) is 8.52. The summed E-state index contributed by atoms with van der Waals surface area (Å²) in [6.07, 6.45) is 3.72. The lowest BCUT2D eigenvalue weighted by atomic mass is 10.0. The van der Waals surface area contributed by atoms with Crippen molar-refractivity contribution in [2.24, 2.45) is 0 Å². The molecule has 0 aromatic heterocycles. The average Bonchev–Trinajstić information content (AvgIpc) is 2.75. The summed E-state index contributed by atoms with van der Waals surface area (Å²) in [4.78, 5) is 14.0. The van der Waals surface area contributed by atoms with Crippen LogP contribution in [0.4, 0.5) is 0 Å². The molecule has 1 aromatic rings. The van der Waals surface area contributed by atoms with Gasteiger partial charge in [-0.15, -0.1) is 0 Å². The molecule has 98 valence electrons. The molecule has 0 atom stereocenters. The highest BCUT2D eigenvalue weighted by Crippen LogP contribution is 2.30. The zero-order chi connectivity index (χ0) is 13.2. The third kappa shape index (κ3) is 2.72. The van der Waals surface area contributed by atoms with Crippen LogP contribution in [-0.2, 0) is 0 Å². The second-order valence-corrected chi connectivity index (χ2v) is 5.41. The Hall–Kier alpha value is -1.35. The lowest BCUT2D eigenvalue weighted by Crippen LogP contribution is -2.42. The Kier molecular flexibility index (Phi) is 3.71. The van der Waals surface area contributed by atoms with Crippen LogP contribution in [0.15, 0.2) is 24.3 Å². The van der Waals surface area contributed by atoms with Crippen molar-refractivity contribution in [3.8, 4) is 0 Å². The molecular formula is C15H21NO2. The Labute approximate surface area is 108 Å². The molecular weight excluding hydrogens is 226 g/mol. The Morgan fingerprint density at radius 3 is 2.56 bits per heavy atom. The van der Waals surface area contributed by atoms with Gasteiger partial charge in [0.05, 0.1) is 5.60 Å². The van der Waals surface area contributed by atoms with Crippen LogP contribution in [0.25, 0.3) is 0 Å². The number of rotatable bonds is 3. The van der Waals surface area contributed by atoms with Crippen LogP contribution in [0.1, 0.15) is 41.6 Å². The molecule has 3 heteroatoms. The molecule has 0 radical (unpaired) electrons. The topological polar surface area (TPSA) is 40.5 Å². The zero-order valence-corrected chi connectivity index (χ0v) is 11.1. The van der Waals surface area contributed by atoms with Crippen molar-refractivity contribution < 1.29 is 9.90 Å². The number of benzene rings is 1. The number of hydrogen-bond donors (Lipinski definition) is 1. The minimum absolute atomic E-state index is 0.00609. The summed E-state index contributed by atoms with van der Waals surface area (Å²) in [6.45, 7) is 2.37. The van der Waals surface area contributed by atoms with Gasteiger partial charge in [0, 0.05) is 19.2 Å². The van der Waals surface area contributed by atoms with E-state index in [4.69, 9.17) is 0 Å². The van der Waals surface area contributed by atoms with Gasteiger partial charge >= 0.3 is 0 Å². The van der Waals surface area contributed by atoms with Gasteiger partial charge in [-0.05, 0) is 31.4 Å². The molecule has 0 heterocycles. The quantitative estimate of drug-likeness (QED) is 0.891. The number of likely N-dealkylation sites (N-methyl/N-ethyl adjacent to an activating group) is 1. The normalized spacial score (nSPS) is 17.7. The van der Waals surface area contributed by atoms with E-state index in [1.165, 1.54) is 0 Å². The van der Waals surface area contributed by atoms with E-state index in [1.807, 2.05) is 31.2 Å². The predicted molar refractivity (Wildman–Crippen MR) is 71.6 cm³/mol. The van der Waals surface area contributed by atoms with Crippen molar-refractivity contribution in [3.05, 3.63) is 35.4 Å². The molecule has 1 saturated carbocycles. The lowest BCUT2D eigenvalue weighted by molar-refractivity contribution is 0.0156. The van der Waals surface area contributed by atoms with E-state index in [0.29, 0.717) is 6.54 Å². The van der Waals surface area contributed by atoms with Crippen LogP contribution in [0, 0.1) is 6.92 Å². The van der Waals surface area contributed by atoms with Crippen LogP contribution >= 0.6 is 0 Å². The van der Waals surface area contributed by atoms with Crippen LogP contribution in [-0.4, -0.2) is 35.1 Å². The first-order valence-corrected chi connectivity index (χ1v) is 6.55. The van der Waals surface area contributed by atoms with Crippen molar-refractivity contribution >= 4 is 5.91 Å². The second kappa shape index (κ2) is 5.11. The third-order valence-corrected chi connectivity index (χ3v) is 3.79. The van der Waals surface area contributed by atoms with Gasteiger partial charge < -0.3 is 10.0 Å². The smallest absolute Gasteiger partial charge is 0.253 e. The van der Waals surface area contributed by atoms with Crippen LogP contribution in [0.3, 0.4) is 0 Å². The fraction of sp³-hybridized carbons (Fsp3) is 0.533. The number of amides is 1. The number of hydrogen-bond acceptors (Lipinski definition) is 2. The Morgan fingerprint density at radius 2 is 1.94 bits per heavy atom. The van der Waals surface area contributed by atoms with Gasteiger partial charge in [-0.3, -0.25) is 4.79 Å². The largest absolute Gasteiger partial charge is 0.388 e. The fourth-order valence-corrected chi connectivity index (χ4v) is 2.72. The van der Waals surface area contributed by atoms with Gasteiger partial charge in [-0.25, -0.2) is 0 Å². The molecule has 18 heavy (non-hydrogen) atoms. The summed E-state index contributed by atoms with van der Waals surface area (Å²) in [5.41, 5.74) is 1.03. The van der Waals surface area contributed by atoms with E-state index in [1.54, 1.807) is 11.9 Å². The summed E-state index contributed by atoms with van der Waals surface area (Å²) in [5, 5.41) is 10.3. The first-order valence-electron chi connectivity index (χ1n) is 6.55. The zero-order valence-electron chi connectivity index (χ0n) is 11.1. The van der Waals surface area contributed by atoms with Crippen molar-refractivity contribution in [1.82, 2.24) is 4.90 Å². The van der Waals surface area contributed by atoms with Gasteiger partial charge in [-0.2, -0.15) is 0 Å². The molecule has 1 amide bonds. The number of carbonyl (C=O) groups excluding carboxylic acids is 1. The third-order valence-electron chi connectivity index (χ3n) is 3.79. The molecule has 0 aliphatic heterocycles. The monoisotopic (exact) mass is 247 g/mol. The van der Waals surface area contributed by atoms with E-state index in [9.17, 15) is 9.90 Å². The molecule has 1 aromatic carbocycles. The van der Waals surface area contributed by atoms with Gasteiger partial charge in [0.15, 0.2) is 0 Å². The van der Waals surface area contributed by atoms with Gasteiger partial charge in [0.25, 0.3) is 5.91 Å². The van der Waals surface area contributed by atoms with E-state index < -0.39 is 5.60 Å². The highest BCUT2D eigenvalue weighted by molar-refractivity contribution is 5.95. The molecule has 0 saturated heterocycles. The van der Waals surface area contributed by atoms with Gasteiger partial charge in [0.1, 0.15) is 0 Å². The molecule has 0 bridgehead atoms. The maximum Gasteiger partial charge on any atom is 0.253 e. The number of aryl methyl sites for hydroxylation is 1. The standard InChI is InChI=1S/C15H21NO2/c1-12-7-3-4-8-13(12)14(17)16(2)11-15(18)9-5-6-10-15/h3-4,7-8,18H,5-6,9-11H2,1-2H3. The summed E-state index contributed by atoms with van der Waals surface area (Å²) >= 11 is 0. The second-order valence-electron chi connectivity index (χ2n) is 5.41. The van der Waals surface area contributed by atoms with Gasteiger partial charge in [0.2, 0.25) is 0 Å². The van der Waals surface area contributed by atoms with Crippen molar-refractivity contribution in [1.29, 1.82) is 0 Å². The van der Waals surface area contributed by atoms with E-state index >= 15 is 0 Å². The fourth-order valence-electron chi connectivity index (χ4n) is 2.72. The average molecular weight is 247 g/mol. The highest BCUT2D eigenvalue weighted by atomic mass is 16.3. The minimum Gasteiger partial charge on any atom is -0.388 e. The molecule has 0 spiro atoms. The summed E-state index contributed by atoms with van der Waals surface area (Å²) in [5.74, 6) is -0.00609. The van der Waals surface area contributed by atoms with E-state index in [-0.39, 0.29) is 5.91 Å². The Balaban J connectivity index is 2.07. The summed E-state index contributed by atoms with van der Waals surface area (Å²) < 4.78 is 0. The minimum atomic E-state index is -0.674. The maximum absolute atomic E-state index is 12.3. The SMILES string of the molecule is Cc1ccccc1C(=O)N(C)CC1(O)CCCC1.